The summed E-state index contributed by atoms with van der Waals surface area (Å²) in [6.07, 6.45) is 1.65. The van der Waals surface area contributed by atoms with E-state index in [4.69, 9.17) is 5.84 Å². The molecule has 0 radical (unpaired) electrons. The van der Waals surface area contributed by atoms with Crippen LogP contribution in [-0.2, 0) is 4.79 Å². The lowest BCUT2D eigenvalue weighted by atomic mass is 10.3. The lowest BCUT2D eigenvalue weighted by Crippen LogP contribution is -2.17. The highest BCUT2D eigenvalue weighted by molar-refractivity contribution is 7.99. The van der Waals surface area contributed by atoms with E-state index in [1.54, 1.807) is 25.3 Å². The van der Waals surface area contributed by atoms with Crippen LogP contribution in [0.25, 0.3) is 0 Å². The minimum absolute atomic E-state index is 0.109. The third kappa shape index (κ3) is 5.25. The summed E-state index contributed by atoms with van der Waals surface area (Å²) >= 11 is 0.990. The van der Waals surface area contributed by atoms with Crippen molar-refractivity contribution in [3.63, 3.8) is 0 Å². The van der Waals surface area contributed by atoms with Gasteiger partial charge in [-0.25, -0.2) is 18.9 Å². The largest absolute Gasteiger partial charge is 0.334 e. The zero-order valence-electron chi connectivity index (χ0n) is 15.1. The summed E-state index contributed by atoms with van der Waals surface area (Å²) in [6.45, 7) is 1.77. The van der Waals surface area contributed by atoms with Crippen molar-refractivity contribution in [3.05, 3.63) is 59.9 Å². The van der Waals surface area contributed by atoms with Crippen molar-refractivity contribution in [2.75, 3.05) is 22.3 Å². The summed E-state index contributed by atoms with van der Waals surface area (Å²) in [4.78, 5) is 16.1. The molecule has 2 aromatic heterocycles. The first-order valence-corrected chi connectivity index (χ1v) is 9.22. The number of nitrogens with zero attached hydrogens (tertiary/aromatic N) is 5. The van der Waals surface area contributed by atoms with Gasteiger partial charge in [0.25, 0.3) is 5.95 Å². The molecule has 0 atom stereocenters. The zero-order valence-corrected chi connectivity index (χ0v) is 16.0. The van der Waals surface area contributed by atoms with Gasteiger partial charge in [-0.05, 0) is 31.2 Å². The Bertz CT molecular complexity index is 1040. The quantitative estimate of drug-likeness (QED) is 0.233. The molecule has 0 aliphatic heterocycles. The molecule has 0 aliphatic carbocycles. The number of nitrogen functional groups attached to an aromatic ring is 1. The number of halogens is 2. The number of nitrogens with two attached hydrogens (primary N) is 1. The Balaban J connectivity index is 1.57. The summed E-state index contributed by atoms with van der Waals surface area (Å²) < 4.78 is 27.6. The maximum atomic E-state index is 13.6. The van der Waals surface area contributed by atoms with Crippen LogP contribution in [-0.4, -0.2) is 37.2 Å². The molecule has 29 heavy (non-hydrogen) atoms. The van der Waals surface area contributed by atoms with Crippen LogP contribution in [0, 0.1) is 11.6 Å². The van der Waals surface area contributed by atoms with Crippen LogP contribution in [0.5, 0.6) is 0 Å². The Labute approximate surface area is 168 Å². The number of carbonyl (C=O) groups excluding carboxylic acids is 1. The lowest BCUT2D eigenvalue weighted by Gasteiger charge is -2.06. The molecule has 0 saturated heterocycles. The predicted molar refractivity (Wildman–Crippen MR) is 106 cm³/mol. The molecule has 1 aromatic carbocycles. The fourth-order valence-corrected chi connectivity index (χ4v) is 2.78. The van der Waals surface area contributed by atoms with E-state index in [9.17, 15) is 13.6 Å². The van der Waals surface area contributed by atoms with E-state index in [1.807, 2.05) is 6.07 Å². The summed E-state index contributed by atoms with van der Waals surface area (Å²) in [5.74, 6) is 3.84. The van der Waals surface area contributed by atoms with Crippen LogP contribution < -0.4 is 16.6 Å². The van der Waals surface area contributed by atoms with Crippen molar-refractivity contribution < 1.29 is 13.6 Å². The normalized spacial score (nSPS) is 11.3. The van der Waals surface area contributed by atoms with E-state index < -0.39 is 17.5 Å². The van der Waals surface area contributed by atoms with Crippen LogP contribution >= 0.6 is 11.8 Å². The molecule has 0 spiro atoms. The number of pyridine rings is 1. The second-order valence-corrected chi connectivity index (χ2v) is 6.60. The summed E-state index contributed by atoms with van der Waals surface area (Å²) in [7, 11) is 0. The van der Waals surface area contributed by atoms with E-state index in [0.29, 0.717) is 17.5 Å². The van der Waals surface area contributed by atoms with Crippen LogP contribution in [0.15, 0.2) is 52.9 Å². The first-order chi connectivity index (χ1) is 13.9. The van der Waals surface area contributed by atoms with Crippen LogP contribution in [0.3, 0.4) is 0 Å². The van der Waals surface area contributed by atoms with Crippen molar-refractivity contribution in [1.29, 1.82) is 0 Å². The molecule has 4 N–H and O–H groups in total. The molecule has 12 heteroatoms. The first kappa shape index (κ1) is 20.2. The second-order valence-electron chi connectivity index (χ2n) is 5.66. The van der Waals surface area contributed by atoms with Crippen molar-refractivity contribution in [2.45, 2.75) is 12.1 Å². The second kappa shape index (κ2) is 9.10. The minimum Gasteiger partial charge on any atom is -0.334 e. The SMILES string of the molecule is C/C(=N\Nc1nnc(SCC(=O)Nc2ccc(F)cc2F)n1N)c1ccccn1. The fraction of sp³-hybridized carbons (Fsp3) is 0.118. The monoisotopic (exact) mass is 418 g/mol. The Morgan fingerprint density at radius 3 is 2.83 bits per heavy atom. The summed E-state index contributed by atoms with van der Waals surface area (Å²) in [5, 5.41) is 14.5. The average molecular weight is 418 g/mol. The third-order valence-corrected chi connectivity index (χ3v) is 4.50. The molecule has 0 unspecified atom stereocenters. The van der Waals surface area contributed by atoms with E-state index in [1.165, 1.54) is 0 Å². The number of nitrogens with one attached hydrogen (secondary N) is 2. The van der Waals surface area contributed by atoms with E-state index in [-0.39, 0.29) is 22.5 Å². The molecular weight excluding hydrogens is 402 g/mol. The van der Waals surface area contributed by atoms with Crippen molar-refractivity contribution in [1.82, 2.24) is 19.9 Å². The van der Waals surface area contributed by atoms with Crippen molar-refractivity contribution >= 4 is 35.0 Å². The number of benzene rings is 1. The number of hydrogen-bond acceptors (Lipinski definition) is 8. The van der Waals surface area contributed by atoms with E-state index in [0.717, 1.165) is 28.6 Å². The van der Waals surface area contributed by atoms with Gasteiger partial charge in [0, 0.05) is 12.3 Å². The highest BCUT2D eigenvalue weighted by atomic mass is 32.2. The molecule has 3 rings (SSSR count). The Hall–Kier alpha value is -3.54. The lowest BCUT2D eigenvalue weighted by molar-refractivity contribution is -0.113. The van der Waals surface area contributed by atoms with Crippen LogP contribution in [0.2, 0.25) is 0 Å². The molecule has 0 saturated carbocycles. The maximum absolute atomic E-state index is 13.6. The number of rotatable bonds is 7. The Morgan fingerprint density at radius 1 is 1.28 bits per heavy atom. The molecule has 150 valence electrons. The maximum Gasteiger partial charge on any atom is 0.264 e. The topological polar surface area (TPSA) is 123 Å². The number of hydrazone groups is 1. The van der Waals surface area contributed by atoms with Crippen molar-refractivity contribution in [3.8, 4) is 0 Å². The van der Waals surface area contributed by atoms with Gasteiger partial charge in [-0.15, -0.1) is 10.2 Å². The van der Waals surface area contributed by atoms with Gasteiger partial charge in [-0.1, -0.05) is 17.8 Å². The van der Waals surface area contributed by atoms with Gasteiger partial charge in [-0.3, -0.25) is 9.78 Å². The predicted octanol–water partition coefficient (Wildman–Crippen LogP) is 2.23. The number of amides is 1. The Morgan fingerprint density at radius 2 is 2.10 bits per heavy atom. The van der Waals surface area contributed by atoms with Gasteiger partial charge >= 0.3 is 0 Å². The molecule has 0 fully saturated rings. The Kier molecular flexibility index (Phi) is 6.34. The third-order valence-electron chi connectivity index (χ3n) is 3.56. The van der Waals surface area contributed by atoms with Gasteiger partial charge in [0.05, 0.1) is 22.8 Å². The van der Waals surface area contributed by atoms with E-state index >= 15 is 0 Å². The first-order valence-electron chi connectivity index (χ1n) is 8.24. The molecule has 3 aromatic rings. The van der Waals surface area contributed by atoms with Crippen LogP contribution in [0.4, 0.5) is 20.4 Å². The highest BCUT2D eigenvalue weighted by Crippen LogP contribution is 2.19. The van der Waals surface area contributed by atoms with Crippen LogP contribution in [0.1, 0.15) is 12.6 Å². The summed E-state index contributed by atoms with van der Waals surface area (Å²) in [6, 6.07) is 8.31. The molecule has 0 bridgehead atoms. The molecule has 0 aliphatic rings. The number of anilines is 2. The van der Waals surface area contributed by atoms with Gasteiger partial charge in [0.1, 0.15) is 11.6 Å². The minimum atomic E-state index is -0.863. The van der Waals surface area contributed by atoms with Gasteiger partial charge in [0.2, 0.25) is 11.1 Å². The van der Waals surface area contributed by atoms with Gasteiger partial charge in [-0.2, -0.15) is 5.10 Å². The zero-order chi connectivity index (χ0) is 20.8. The smallest absolute Gasteiger partial charge is 0.264 e. The molecule has 1 amide bonds. The molecular formula is C17H16F2N8OS. The highest BCUT2D eigenvalue weighted by Gasteiger charge is 2.13. The average Bonchev–Trinajstić information content (AvgIpc) is 3.07. The fourth-order valence-electron chi connectivity index (χ4n) is 2.13. The van der Waals surface area contributed by atoms with Crippen molar-refractivity contribution in [2.24, 2.45) is 5.10 Å². The molecule has 2 heterocycles. The van der Waals surface area contributed by atoms with Gasteiger partial charge in [0.15, 0.2) is 0 Å². The molecule has 9 nitrogen and oxygen atoms in total. The number of carbonyl (C=O) groups is 1. The number of hydrogen-bond donors (Lipinski definition) is 3. The standard InChI is InChI=1S/C17H16F2N8OS/c1-10(13-4-2-3-7-21-13)23-24-16-25-26-17(27(16)20)29-9-15(28)22-14-6-5-11(18)8-12(14)19/h2-8H,9,20H2,1H3,(H,22,28)(H,24,25)/b23-10+. The number of thioether (sulfide) groups is 1. The van der Waals surface area contributed by atoms with Gasteiger partial charge < -0.3 is 11.2 Å². The van der Waals surface area contributed by atoms with E-state index in [2.05, 4.69) is 31.0 Å². The number of aromatic nitrogens is 4. The summed E-state index contributed by atoms with van der Waals surface area (Å²) in [5.41, 5.74) is 3.86.